The topological polar surface area (TPSA) is 66.8 Å². The summed E-state index contributed by atoms with van der Waals surface area (Å²) in [5.74, 6) is -0.882. The van der Waals surface area contributed by atoms with Crippen LogP contribution in [-0.2, 0) is 14.3 Å². The van der Waals surface area contributed by atoms with Crippen molar-refractivity contribution in [1.82, 2.24) is 4.90 Å². The van der Waals surface area contributed by atoms with E-state index in [0.29, 0.717) is 32.5 Å². The van der Waals surface area contributed by atoms with Gasteiger partial charge in [0.1, 0.15) is 6.10 Å². The highest BCUT2D eigenvalue weighted by Gasteiger charge is 2.46. The van der Waals surface area contributed by atoms with E-state index in [1.165, 1.54) is 0 Å². The zero-order chi connectivity index (χ0) is 14.9. The van der Waals surface area contributed by atoms with Crippen molar-refractivity contribution in [1.29, 1.82) is 0 Å². The van der Waals surface area contributed by atoms with Crippen LogP contribution in [0.1, 0.15) is 36.7 Å². The first-order valence-electron chi connectivity index (χ1n) is 7.27. The molecule has 2 heterocycles. The molecule has 1 N–H and O–H groups in total. The van der Waals surface area contributed by atoms with E-state index in [1.807, 2.05) is 17.5 Å². The monoisotopic (exact) mass is 309 g/mol. The van der Waals surface area contributed by atoms with Gasteiger partial charge >= 0.3 is 5.97 Å². The first-order chi connectivity index (χ1) is 10.1. The molecule has 1 saturated carbocycles. The molecule has 114 valence electrons. The molecule has 0 spiro atoms. The minimum Gasteiger partial charge on any atom is -0.481 e. The molecule has 0 radical (unpaired) electrons. The standard InChI is InChI=1S/C15H19NO4S/c17-13(9-15(14(18)19)4-2-5-15)16-6-7-20-11(10-16)12-3-1-8-21-12/h1,3,8,11H,2,4-7,9-10H2,(H,18,19). The predicted octanol–water partition coefficient (Wildman–Crippen LogP) is 2.29. The Hall–Kier alpha value is -1.40. The van der Waals surface area contributed by atoms with Gasteiger partial charge in [-0.15, -0.1) is 11.3 Å². The molecule has 5 nitrogen and oxygen atoms in total. The highest BCUT2D eigenvalue weighted by Crippen LogP contribution is 2.44. The van der Waals surface area contributed by atoms with E-state index < -0.39 is 11.4 Å². The molecule has 1 amide bonds. The Labute approximate surface area is 127 Å². The smallest absolute Gasteiger partial charge is 0.310 e. The van der Waals surface area contributed by atoms with Crippen molar-refractivity contribution >= 4 is 23.2 Å². The number of aliphatic carboxylic acids is 1. The summed E-state index contributed by atoms with van der Waals surface area (Å²) in [4.78, 5) is 26.7. The maximum Gasteiger partial charge on any atom is 0.310 e. The summed E-state index contributed by atoms with van der Waals surface area (Å²) < 4.78 is 5.72. The van der Waals surface area contributed by atoms with Crippen LogP contribution < -0.4 is 0 Å². The number of rotatable bonds is 4. The molecule has 1 atom stereocenters. The van der Waals surface area contributed by atoms with Crippen LogP contribution in [0.25, 0.3) is 0 Å². The minimum atomic E-state index is -0.829. The number of carboxylic acid groups (broad SMARTS) is 1. The largest absolute Gasteiger partial charge is 0.481 e. The first-order valence-corrected chi connectivity index (χ1v) is 8.15. The normalized spacial score (nSPS) is 24.4. The lowest BCUT2D eigenvalue weighted by Crippen LogP contribution is -2.47. The molecule has 6 heteroatoms. The third-order valence-corrected chi connectivity index (χ3v) is 5.50. The molecule has 0 bridgehead atoms. The number of carboxylic acids is 1. The zero-order valence-electron chi connectivity index (χ0n) is 11.8. The van der Waals surface area contributed by atoms with Crippen LogP contribution in [0.5, 0.6) is 0 Å². The van der Waals surface area contributed by atoms with Gasteiger partial charge in [-0.1, -0.05) is 12.5 Å². The van der Waals surface area contributed by atoms with Gasteiger partial charge in [-0.3, -0.25) is 9.59 Å². The number of carbonyl (C=O) groups excluding carboxylic acids is 1. The molecule has 0 aromatic carbocycles. The Morgan fingerprint density at radius 3 is 2.86 bits per heavy atom. The van der Waals surface area contributed by atoms with Crippen LogP contribution in [0.3, 0.4) is 0 Å². The summed E-state index contributed by atoms with van der Waals surface area (Å²) in [7, 11) is 0. The minimum absolute atomic E-state index is 0.0537. The van der Waals surface area contributed by atoms with Crippen molar-refractivity contribution in [3.63, 3.8) is 0 Å². The fourth-order valence-corrected chi connectivity index (χ4v) is 3.76. The Morgan fingerprint density at radius 2 is 2.29 bits per heavy atom. The quantitative estimate of drug-likeness (QED) is 0.926. The van der Waals surface area contributed by atoms with Crippen molar-refractivity contribution in [3.8, 4) is 0 Å². The van der Waals surface area contributed by atoms with Gasteiger partial charge in [-0.05, 0) is 24.3 Å². The fourth-order valence-electron chi connectivity index (χ4n) is 2.99. The lowest BCUT2D eigenvalue weighted by Gasteiger charge is -2.40. The van der Waals surface area contributed by atoms with E-state index in [4.69, 9.17) is 4.74 Å². The molecular formula is C15H19NO4S. The van der Waals surface area contributed by atoms with E-state index >= 15 is 0 Å². The summed E-state index contributed by atoms with van der Waals surface area (Å²) in [5.41, 5.74) is -0.812. The Morgan fingerprint density at radius 1 is 1.48 bits per heavy atom. The van der Waals surface area contributed by atoms with Crippen LogP contribution >= 0.6 is 11.3 Å². The molecule has 1 unspecified atom stereocenters. The van der Waals surface area contributed by atoms with Gasteiger partial charge in [0.2, 0.25) is 5.91 Å². The van der Waals surface area contributed by atoms with Crippen LogP contribution in [0.4, 0.5) is 0 Å². The number of carbonyl (C=O) groups is 2. The van der Waals surface area contributed by atoms with Gasteiger partial charge in [0.05, 0.1) is 18.6 Å². The van der Waals surface area contributed by atoms with Crippen molar-refractivity contribution in [2.24, 2.45) is 5.41 Å². The molecule has 1 aliphatic heterocycles. The van der Waals surface area contributed by atoms with Gasteiger partial charge in [-0.2, -0.15) is 0 Å². The first kappa shape index (κ1) is 14.5. The van der Waals surface area contributed by atoms with Crippen LogP contribution in [-0.4, -0.2) is 41.6 Å². The number of ether oxygens (including phenoxy) is 1. The molecular weight excluding hydrogens is 290 g/mol. The second-order valence-corrected chi connectivity index (χ2v) is 6.81. The number of hydrogen-bond acceptors (Lipinski definition) is 4. The van der Waals surface area contributed by atoms with E-state index in [-0.39, 0.29) is 18.4 Å². The summed E-state index contributed by atoms with van der Waals surface area (Å²) in [6.07, 6.45) is 2.18. The summed E-state index contributed by atoms with van der Waals surface area (Å²) in [5, 5.41) is 11.3. The van der Waals surface area contributed by atoms with Crippen molar-refractivity contribution in [2.45, 2.75) is 31.8 Å². The van der Waals surface area contributed by atoms with Crippen LogP contribution in [0, 0.1) is 5.41 Å². The molecule has 1 aromatic rings. The maximum atomic E-state index is 12.4. The van der Waals surface area contributed by atoms with E-state index in [0.717, 1.165) is 11.3 Å². The molecule has 3 rings (SSSR count). The lowest BCUT2D eigenvalue weighted by molar-refractivity contribution is -0.161. The number of thiophene rings is 1. The summed E-state index contributed by atoms with van der Waals surface area (Å²) in [6.45, 7) is 1.58. The van der Waals surface area contributed by atoms with E-state index in [2.05, 4.69) is 0 Å². The zero-order valence-corrected chi connectivity index (χ0v) is 12.6. The molecule has 1 aromatic heterocycles. The molecule has 1 saturated heterocycles. The average molecular weight is 309 g/mol. The summed E-state index contributed by atoms with van der Waals surface area (Å²) in [6, 6.07) is 3.98. The Kier molecular flexibility index (Phi) is 3.99. The van der Waals surface area contributed by atoms with Crippen molar-refractivity contribution in [3.05, 3.63) is 22.4 Å². The highest BCUT2D eigenvalue weighted by molar-refractivity contribution is 7.10. The van der Waals surface area contributed by atoms with Crippen LogP contribution in [0.2, 0.25) is 0 Å². The van der Waals surface area contributed by atoms with Crippen molar-refractivity contribution < 1.29 is 19.4 Å². The number of hydrogen-bond donors (Lipinski definition) is 1. The molecule has 21 heavy (non-hydrogen) atoms. The average Bonchev–Trinajstić information content (AvgIpc) is 2.96. The predicted molar refractivity (Wildman–Crippen MR) is 78.1 cm³/mol. The Balaban J connectivity index is 1.63. The maximum absolute atomic E-state index is 12.4. The Bertz CT molecular complexity index is 524. The lowest BCUT2D eigenvalue weighted by atomic mass is 9.66. The van der Waals surface area contributed by atoms with Gasteiger partial charge in [-0.25, -0.2) is 0 Å². The molecule has 1 aliphatic carbocycles. The van der Waals surface area contributed by atoms with Gasteiger partial charge in [0.15, 0.2) is 0 Å². The second kappa shape index (κ2) is 5.77. The van der Waals surface area contributed by atoms with E-state index in [1.54, 1.807) is 16.2 Å². The highest BCUT2D eigenvalue weighted by atomic mass is 32.1. The number of amides is 1. The molecule has 2 aliphatic rings. The molecule has 2 fully saturated rings. The number of morpholine rings is 1. The fraction of sp³-hybridized carbons (Fsp3) is 0.600. The third-order valence-electron chi connectivity index (χ3n) is 4.53. The van der Waals surface area contributed by atoms with Crippen LogP contribution in [0.15, 0.2) is 17.5 Å². The second-order valence-electron chi connectivity index (χ2n) is 5.83. The van der Waals surface area contributed by atoms with Gasteiger partial charge in [0, 0.05) is 17.8 Å². The van der Waals surface area contributed by atoms with Gasteiger partial charge < -0.3 is 14.7 Å². The number of nitrogens with zero attached hydrogens (tertiary/aromatic N) is 1. The van der Waals surface area contributed by atoms with E-state index in [9.17, 15) is 14.7 Å². The van der Waals surface area contributed by atoms with Crippen molar-refractivity contribution in [2.75, 3.05) is 19.7 Å². The SMILES string of the molecule is O=C(CC1(C(=O)O)CCC1)N1CCOC(c2cccs2)C1. The third kappa shape index (κ3) is 2.82. The summed E-state index contributed by atoms with van der Waals surface area (Å²) >= 11 is 1.62. The van der Waals surface area contributed by atoms with Gasteiger partial charge in [0.25, 0.3) is 0 Å².